The predicted molar refractivity (Wildman–Crippen MR) is 85.3 cm³/mol. The second-order valence-electron chi connectivity index (χ2n) is 5.38. The largest absolute Gasteiger partial charge is 0.369 e. The van der Waals surface area contributed by atoms with Crippen molar-refractivity contribution in [3.05, 3.63) is 23.9 Å². The number of amides is 1. The molecule has 2 N–H and O–H groups in total. The van der Waals surface area contributed by atoms with Crippen LogP contribution in [0, 0.1) is 0 Å². The van der Waals surface area contributed by atoms with Crippen LogP contribution in [0.3, 0.4) is 0 Å². The van der Waals surface area contributed by atoms with Gasteiger partial charge < -0.3 is 10.2 Å². The van der Waals surface area contributed by atoms with E-state index in [0.29, 0.717) is 17.9 Å². The highest BCUT2D eigenvalue weighted by Crippen LogP contribution is 2.14. The van der Waals surface area contributed by atoms with E-state index in [1.54, 1.807) is 18.3 Å². The summed E-state index contributed by atoms with van der Waals surface area (Å²) in [6, 6.07) is 3.41. The third-order valence-corrected chi connectivity index (χ3v) is 4.17. The van der Waals surface area contributed by atoms with Crippen molar-refractivity contribution in [2.45, 2.75) is 19.3 Å². The number of piperidine rings is 1. The topological polar surface area (TPSA) is 91.4 Å². The predicted octanol–water partition coefficient (Wildman–Crippen LogP) is 0.669. The number of sulfonamides is 1. The summed E-state index contributed by atoms with van der Waals surface area (Å²) in [6.45, 7) is 2.29. The average molecular weight is 326 g/mol. The number of rotatable bonds is 6. The van der Waals surface area contributed by atoms with Crippen LogP contribution in [0.15, 0.2) is 18.3 Å². The van der Waals surface area contributed by atoms with Crippen molar-refractivity contribution in [1.29, 1.82) is 0 Å². The number of pyridine rings is 1. The Morgan fingerprint density at radius 3 is 2.68 bits per heavy atom. The molecule has 7 nitrogen and oxygen atoms in total. The summed E-state index contributed by atoms with van der Waals surface area (Å²) in [4.78, 5) is 18.4. The summed E-state index contributed by atoms with van der Waals surface area (Å²) in [6.07, 6.45) is 5.99. The molecule has 0 atom stereocenters. The van der Waals surface area contributed by atoms with Crippen LogP contribution in [0.1, 0.15) is 29.6 Å². The van der Waals surface area contributed by atoms with E-state index in [9.17, 15) is 13.2 Å². The van der Waals surface area contributed by atoms with Crippen molar-refractivity contribution < 1.29 is 13.2 Å². The monoisotopic (exact) mass is 326 g/mol. The zero-order valence-corrected chi connectivity index (χ0v) is 13.5. The Bertz CT molecular complexity index is 612. The van der Waals surface area contributed by atoms with E-state index >= 15 is 0 Å². The van der Waals surface area contributed by atoms with Crippen LogP contribution in [0.5, 0.6) is 0 Å². The fraction of sp³-hybridized carbons (Fsp3) is 0.571. The van der Waals surface area contributed by atoms with Gasteiger partial charge in [0.1, 0.15) is 5.82 Å². The Hall–Kier alpha value is -1.67. The average Bonchev–Trinajstić information content (AvgIpc) is 2.51. The Morgan fingerprint density at radius 1 is 1.27 bits per heavy atom. The highest BCUT2D eigenvalue weighted by molar-refractivity contribution is 7.88. The van der Waals surface area contributed by atoms with Crippen molar-refractivity contribution in [2.75, 3.05) is 37.8 Å². The summed E-state index contributed by atoms with van der Waals surface area (Å²) in [5, 5.41) is 3.01. The summed E-state index contributed by atoms with van der Waals surface area (Å²) >= 11 is 0. The van der Waals surface area contributed by atoms with Gasteiger partial charge in [-0.15, -0.1) is 0 Å². The molecule has 0 saturated carbocycles. The maximum absolute atomic E-state index is 12.4. The molecule has 1 amide bonds. The molecular formula is C14H22N4O3S. The minimum atomic E-state index is -3.19. The molecule has 0 unspecified atom stereocenters. The number of carbonyl (C=O) groups is 1. The third kappa shape index (κ3) is 5.27. The fourth-order valence-corrected chi connectivity index (χ4v) is 2.84. The van der Waals surface area contributed by atoms with Crippen LogP contribution in [0.4, 0.5) is 5.82 Å². The van der Waals surface area contributed by atoms with Gasteiger partial charge in [-0.1, -0.05) is 0 Å². The Kier molecular flexibility index (Phi) is 5.73. The second-order valence-corrected chi connectivity index (χ2v) is 7.21. The quantitative estimate of drug-likeness (QED) is 0.750. The number of carbonyl (C=O) groups excluding carboxylic acids is 1. The van der Waals surface area contributed by atoms with Gasteiger partial charge in [0.15, 0.2) is 0 Å². The Labute approximate surface area is 131 Å². The van der Waals surface area contributed by atoms with Gasteiger partial charge in [0.25, 0.3) is 5.91 Å². The first kappa shape index (κ1) is 16.7. The lowest BCUT2D eigenvalue weighted by Gasteiger charge is -2.26. The number of hydrogen-bond acceptors (Lipinski definition) is 5. The molecule has 1 saturated heterocycles. The zero-order valence-electron chi connectivity index (χ0n) is 12.7. The van der Waals surface area contributed by atoms with E-state index in [0.717, 1.165) is 32.2 Å². The van der Waals surface area contributed by atoms with Crippen molar-refractivity contribution in [1.82, 2.24) is 14.6 Å². The lowest BCUT2D eigenvalue weighted by molar-refractivity contribution is 0.0724. The van der Waals surface area contributed by atoms with Gasteiger partial charge in [0.2, 0.25) is 10.0 Å². The van der Waals surface area contributed by atoms with E-state index in [1.165, 1.54) is 6.42 Å². The van der Waals surface area contributed by atoms with Crippen LogP contribution in [0.2, 0.25) is 0 Å². The molecule has 1 aromatic heterocycles. The normalized spacial score (nSPS) is 15.6. The number of likely N-dealkylation sites (tertiary alicyclic amines) is 1. The first-order valence-electron chi connectivity index (χ1n) is 7.39. The van der Waals surface area contributed by atoms with Crippen molar-refractivity contribution in [3.63, 3.8) is 0 Å². The first-order chi connectivity index (χ1) is 10.5. The molecule has 0 radical (unpaired) electrons. The summed E-state index contributed by atoms with van der Waals surface area (Å²) < 4.78 is 24.3. The van der Waals surface area contributed by atoms with Gasteiger partial charge in [-0.05, 0) is 31.4 Å². The van der Waals surface area contributed by atoms with Crippen LogP contribution in [-0.2, 0) is 10.0 Å². The molecule has 0 bridgehead atoms. The highest BCUT2D eigenvalue weighted by atomic mass is 32.2. The van der Waals surface area contributed by atoms with Gasteiger partial charge in [-0.25, -0.2) is 18.1 Å². The van der Waals surface area contributed by atoms with E-state index in [2.05, 4.69) is 15.0 Å². The summed E-state index contributed by atoms with van der Waals surface area (Å²) in [7, 11) is -3.19. The molecule has 1 fully saturated rings. The Balaban J connectivity index is 1.90. The second kappa shape index (κ2) is 7.55. The Morgan fingerprint density at radius 2 is 2.00 bits per heavy atom. The van der Waals surface area contributed by atoms with Gasteiger partial charge >= 0.3 is 0 Å². The molecule has 1 aliphatic heterocycles. The van der Waals surface area contributed by atoms with E-state index in [1.807, 2.05) is 4.90 Å². The number of hydrogen-bond donors (Lipinski definition) is 2. The molecule has 22 heavy (non-hydrogen) atoms. The highest BCUT2D eigenvalue weighted by Gasteiger charge is 2.18. The molecule has 8 heteroatoms. The minimum absolute atomic E-state index is 0.0272. The third-order valence-electron chi connectivity index (χ3n) is 3.45. The van der Waals surface area contributed by atoms with Gasteiger partial charge in [-0.3, -0.25) is 4.79 Å². The van der Waals surface area contributed by atoms with E-state index in [-0.39, 0.29) is 12.5 Å². The molecule has 2 heterocycles. The number of nitrogens with one attached hydrogen (secondary N) is 2. The standard InChI is InChI=1S/C14H22N4O3S/c1-22(20,21)17-8-7-16-13-11-12(5-6-15-13)14(19)18-9-3-2-4-10-18/h5-6,11,17H,2-4,7-10H2,1H3,(H,15,16). The fourth-order valence-electron chi connectivity index (χ4n) is 2.37. The van der Waals surface area contributed by atoms with Crippen LogP contribution in [0.25, 0.3) is 0 Å². The van der Waals surface area contributed by atoms with Crippen molar-refractivity contribution in [2.24, 2.45) is 0 Å². The van der Waals surface area contributed by atoms with Crippen LogP contribution in [-0.4, -0.2) is 56.6 Å². The SMILES string of the molecule is CS(=O)(=O)NCCNc1cc(C(=O)N2CCCCC2)ccn1. The number of aromatic nitrogens is 1. The molecule has 0 aliphatic carbocycles. The first-order valence-corrected chi connectivity index (χ1v) is 9.29. The molecule has 1 aromatic rings. The summed E-state index contributed by atoms with van der Waals surface area (Å²) in [5.41, 5.74) is 0.607. The molecule has 0 aromatic carbocycles. The lowest BCUT2D eigenvalue weighted by Crippen LogP contribution is -2.35. The molecular weight excluding hydrogens is 304 g/mol. The van der Waals surface area contributed by atoms with E-state index < -0.39 is 10.0 Å². The van der Waals surface area contributed by atoms with Crippen LogP contribution < -0.4 is 10.0 Å². The lowest BCUT2D eigenvalue weighted by atomic mass is 10.1. The molecule has 0 spiro atoms. The molecule has 122 valence electrons. The smallest absolute Gasteiger partial charge is 0.254 e. The maximum atomic E-state index is 12.4. The minimum Gasteiger partial charge on any atom is -0.369 e. The van der Waals surface area contributed by atoms with Gasteiger partial charge in [0, 0.05) is 37.9 Å². The zero-order chi connectivity index (χ0) is 16.0. The van der Waals surface area contributed by atoms with Crippen molar-refractivity contribution in [3.8, 4) is 0 Å². The van der Waals surface area contributed by atoms with Gasteiger partial charge in [0.05, 0.1) is 6.26 Å². The number of anilines is 1. The van der Waals surface area contributed by atoms with Crippen LogP contribution >= 0.6 is 0 Å². The van der Waals surface area contributed by atoms with Gasteiger partial charge in [-0.2, -0.15) is 0 Å². The summed E-state index contributed by atoms with van der Waals surface area (Å²) in [5.74, 6) is 0.595. The van der Waals surface area contributed by atoms with Crippen molar-refractivity contribution >= 4 is 21.7 Å². The maximum Gasteiger partial charge on any atom is 0.254 e. The molecule has 1 aliphatic rings. The van der Waals surface area contributed by atoms with E-state index in [4.69, 9.17) is 0 Å². The number of nitrogens with zero attached hydrogens (tertiary/aromatic N) is 2. The molecule has 2 rings (SSSR count).